The molecule has 0 saturated heterocycles. The number of hydrogen-bond acceptors (Lipinski definition) is 2. The Kier molecular flexibility index (Phi) is 3.32. The first-order valence-corrected chi connectivity index (χ1v) is 7.38. The van der Waals surface area contributed by atoms with Crippen molar-refractivity contribution in [2.75, 3.05) is 0 Å². The topological polar surface area (TPSA) is 62.0 Å². The largest absolute Gasteiger partial charge is 0.348 e. The van der Waals surface area contributed by atoms with Crippen molar-refractivity contribution < 1.29 is 4.79 Å². The van der Waals surface area contributed by atoms with Crippen molar-refractivity contribution in [2.24, 2.45) is 5.41 Å². The highest BCUT2D eigenvalue weighted by molar-refractivity contribution is 5.96. The molecule has 110 valence electrons. The van der Waals surface area contributed by atoms with Gasteiger partial charge in [-0.3, -0.25) is 9.59 Å². The molecule has 1 aromatic carbocycles. The quantitative estimate of drug-likeness (QED) is 0.890. The first kappa shape index (κ1) is 13.9. The zero-order valence-electron chi connectivity index (χ0n) is 12.4. The average Bonchev–Trinajstić information content (AvgIpc) is 2.78. The molecule has 1 aliphatic carbocycles. The second kappa shape index (κ2) is 5.02. The van der Waals surface area contributed by atoms with E-state index in [2.05, 4.69) is 24.1 Å². The van der Waals surface area contributed by atoms with Crippen LogP contribution in [0.25, 0.3) is 10.8 Å². The highest BCUT2D eigenvalue weighted by atomic mass is 16.2. The normalized spacial score (nSPS) is 20.6. The lowest BCUT2D eigenvalue weighted by molar-refractivity contribution is 0.0931. The van der Waals surface area contributed by atoms with Crippen LogP contribution in [0.1, 0.15) is 43.6 Å². The van der Waals surface area contributed by atoms with Crippen molar-refractivity contribution in [3.8, 4) is 0 Å². The van der Waals surface area contributed by atoms with E-state index in [1.54, 1.807) is 12.1 Å². The van der Waals surface area contributed by atoms with Crippen LogP contribution in [0, 0.1) is 5.41 Å². The van der Waals surface area contributed by atoms with E-state index in [-0.39, 0.29) is 22.9 Å². The van der Waals surface area contributed by atoms with E-state index in [1.807, 2.05) is 18.2 Å². The number of H-pyrrole nitrogens is 1. The summed E-state index contributed by atoms with van der Waals surface area (Å²) in [5.41, 5.74) is 0.405. The van der Waals surface area contributed by atoms with E-state index in [9.17, 15) is 9.59 Å². The maximum absolute atomic E-state index is 12.3. The number of benzene rings is 1. The summed E-state index contributed by atoms with van der Waals surface area (Å²) in [6.07, 6.45) is 3.10. The van der Waals surface area contributed by atoms with E-state index in [1.165, 1.54) is 0 Å². The maximum Gasteiger partial charge on any atom is 0.268 e. The van der Waals surface area contributed by atoms with Gasteiger partial charge in [-0.15, -0.1) is 0 Å². The van der Waals surface area contributed by atoms with Crippen LogP contribution in [-0.2, 0) is 0 Å². The molecule has 1 fully saturated rings. The maximum atomic E-state index is 12.3. The summed E-state index contributed by atoms with van der Waals surface area (Å²) in [6, 6.07) is 9.23. The Bertz CT molecular complexity index is 746. The molecule has 1 atom stereocenters. The van der Waals surface area contributed by atoms with E-state index < -0.39 is 0 Å². The van der Waals surface area contributed by atoms with Crippen molar-refractivity contribution in [3.05, 3.63) is 46.4 Å². The van der Waals surface area contributed by atoms with Crippen LogP contribution >= 0.6 is 0 Å². The third-order valence-corrected chi connectivity index (χ3v) is 4.30. The Morgan fingerprint density at radius 1 is 1.33 bits per heavy atom. The van der Waals surface area contributed by atoms with E-state index in [4.69, 9.17) is 0 Å². The number of aromatic nitrogens is 1. The van der Waals surface area contributed by atoms with Crippen molar-refractivity contribution in [2.45, 2.75) is 39.2 Å². The van der Waals surface area contributed by atoms with Crippen molar-refractivity contribution in [1.29, 1.82) is 0 Å². The van der Waals surface area contributed by atoms with Crippen LogP contribution in [0.2, 0.25) is 0 Å². The highest BCUT2D eigenvalue weighted by Crippen LogP contribution is 2.36. The Morgan fingerprint density at radius 2 is 2.10 bits per heavy atom. The van der Waals surface area contributed by atoms with Gasteiger partial charge in [0.05, 0.1) is 0 Å². The number of amides is 1. The van der Waals surface area contributed by atoms with Crippen molar-refractivity contribution in [3.63, 3.8) is 0 Å². The monoisotopic (exact) mass is 284 g/mol. The molecule has 0 spiro atoms. The molecule has 2 N–H and O–H groups in total. The van der Waals surface area contributed by atoms with Gasteiger partial charge in [0.2, 0.25) is 0 Å². The number of nitrogens with one attached hydrogen (secondary N) is 2. The molecule has 1 saturated carbocycles. The Labute approximate surface area is 123 Å². The molecule has 1 aromatic heterocycles. The second-order valence-corrected chi connectivity index (χ2v) is 6.68. The minimum atomic E-state index is -0.218. The number of pyridine rings is 1. The predicted octanol–water partition coefficient (Wildman–Crippen LogP) is 2.84. The summed E-state index contributed by atoms with van der Waals surface area (Å²) in [4.78, 5) is 27.0. The van der Waals surface area contributed by atoms with Gasteiger partial charge in [-0.1, -0.05) is 32.0 Å². The summed E-state index contributed by atoms with van der Waals surface area (Å²) in [5, 5.41) is 4.43. The molecule has 1 unspecified atom stereocenters. The van der Waals surface area contributed by atoms with Crippen LogP contribution in [0.3, 0.4) is 0 Å². The van der Waals surface area contributed by atoms with Crippen LogP contribution < -0.4 is 10.9 Å². The highest BCUT2D eigenvalue weighted by Gasteiger charge is 2.31. The minimum Gasteiger partial charge on any atom is -0.348 e. The van der Waals surface area contributed by atoms with Crippen LogP contribution in [0.4, 0.5) is 0 Å². The third kappa shape index (κ3) is 2.84. The predicted molar refractivity (Wildman–Crippen MR) is 83.5 cm³/mol. The van der Waals surface area contributed by atoms with Gasteiger partial charge in [-0.25, -0.2) is 0 Å². The summed E-state index contributed by atoms with van der Waals surface area (Å²) >= 11 is 0. The minimum absolute atomic E-state index is 0.194. The van der Waals surface area contributed by atoms with E-state index in [0.717, 1.165) is 24.6 Å². The molecule has 1 amide bonds. The van der Waals surface area contributed by atoms with Gasteiger partial charge < -0.3 is 10.3 Å². The number of fused-ring (bicyclic) bond motifs is 1. The Balaban J connectivity index is 1.84. The molecule has 2 aromatic rings. The molecule has 0 aliphatic heterocycles. The number of aromatic amines is 1. The lowest BCUT2D eigenvalue weighted by Crippen LogP contribution is -2.34. The molecule has 0 radical (unpaired) electrons. The molecule has 3 rings (SSSR count). The third-order valence-electron chi connectivity index (χ3n) is 4.30. The Morgan fingerprint density at radius 3 is 2.81 bits per heavy atom. The van der Waals surface area contributed by atoms with Gasteiger partial charge in [-0.2, -0.15) is 0 Å². The zero-order chi connectivity index (χ0) is 15.0. The fourth-order valence-electron chi connectivity index (χ4n) is 3.16. The molecule has 1 heterocycles. The molecule has 21 heavy (non-hydrogen) atoms. The van der Waals surface area contributed by atoms with Crippen molar-refractivity contribution in [1.82, 2.24) is 10.3 Å². The van der Waals surface area contributed by atoms with Gasteiger partial charge >= 0.3 is 0 Å². The van der Waals surface area contributed by atoms with Crippen LogP contribution in [0.15, 0.2) is 35.1 Å². The molecular weight excluding hydrogens is 264 g/mol. The first-order valence-electron chi connectivity index (χ1n) is 7.38. The molecule has 1 aliphatic rings. The lowest BCUT2D eigenvalue weighted by atomic mass is 9.92. The number of carbonyl (C=O) groups is 1. The summed E-state index contributed by atoms with van der Waals surface area (Å²) in [5.74, 6) is -0.194. The van der Waals surface area contributed by atoms with E-state index in [0.29, 0.717) is 11.1 Å². The molecule has 4 nitrogen and oxygen atoms in total. The van der Waals surface area contributed by atoms with Gasteiger partial charge in [0.1, 0.15) is 5.69 Å². The lowest BCUT2D eigenvalue weighted by Gasteiger charge is -2.17. The van der Waals surface area contributed by atoms with Crippen LogP contribution in [0.5, 0.6) is 0 Å². The summed E-state index contributed by atoms with van der Waals surface area (Å²) < 4.78 is 0. The molecule has 4 heteroatoms. The molecular formula is C17H20N2O2. The smallest absolute Gasteiger partial charge is 0.268 e. The van der Waals surface area contributed by atoms with Gasteiger partial charge in [0, 0.05) is 11.4 Å². The zero-order valence-corrected chi connectivity index (χ0v) is 12.4. The number of hydrogen-bond donors (Lipinski definition) is 2. The SMILES string of the molecule is CC1(C)CCC(NC(=O)c2cc3ccccc3c(=O)[nH]2)C1. The number of rotatable bonds is 2. The standard InChI is InChI=1S/C17H20N2O2/c1-17(2)8-7-12(10-17)18-16(21)14-9-11-5-3-4-6-13(11)15(20)19-14/h3-6,9,12H,7-8,10H2,1-2H3,(H,18,21)(H,19,20). The average molecular weight is 284 g/mol. The fraction of sp³-hybridized carbons (Fsp3) is 0.412. The van der Waals surface area contributed by atoms with E-state index >= 15 is 0 Å². The molecule has 0 bridgehead atoms. The van der Waals surface area contributed by atoms with Gasteiger partial charge in [-0.05, 0) is 42.2 Å². The number of carbonyl (C=O) groups excluding carboxylic acids is 1. The van der Waals surface area contributed by atoms with Crippen LogP contribution in [-0.4, -0.2) is 16.9 Å². The summed E-state index contributed by atoms with van der Waals surface area (Å²) in [6.45, 7) is 4.44. The van der Waals surface area contributed by atoms with Crippen molar-refractivity contribution >= 4 is 16.7 Å². The Hall–Kier alpha value is -2.10. The van der Waals surface area contributed by atoms with Gasteiger partial charge in [0.25, 0.3) is 11.5 Å². The first-order chi connectivity index (χ1) is 9.94. The fourth-order valence-corrected chi connectivity index (χ4v) is 3.16. The van der Waals surface area contributed by atoms with Gasteiger partial charge in [0.15, 0.2) is 0 Å². The second-order valence-electron chi connectivity index (χ2n) is 6.68. The summed E-state index contributed by atoms with van der Waals surface area (Å²) in [7, 11) is 0.